The molecule has 1 aromatic rings. The van der Waals surface area contributed by atoms with Crippen LogP contribution in [0.25, 0.3) is 0 Å². The van der Waals surface area contributed by atoms with Gasteiger partial charge in [-0.05, 0) is 38.7 Å². The molecule has 7 heteroatoms. The Bertz CT molecular complexity index is 677. The second kappa shape index (κ2) is 9.40. The first-order valence-corrected chi connectivity index (χ1v) is 8.95. The Hall–Kier alpha value is -2.31. The van der Waals surface area contributed by atoms with Crippen molar-refractivity contribution in [2.24, 2.45) is 13.0 Å². The number of rotatable bonds is 8. The van der Waals surface area contributed by atoms with Crippen molar-refractivity contribution in [1.82, 2.24) is 14.8 Å². The lowest BCUT2D eigenvalue weighted by atomic mass is 10.0. The van der Waals surface area contributed by atoms with Crippen LogP contribution in [0, 0.1) is 19.8 Å². The van der Waals surface area contributed by atoms with E-state index in [4.69, 9.17) is 4.74 Å². The Morgan fingerprint density at radius 1 is 1.23 bits per heavy atom. The molecule has 1 rings (SSSR count). The number of Topliss-reactive ketones (excluding diaryl/α,β-unsaturated/α-hetero) is 1. The largest absolute Gasteiger partial charge is 0.464 e. The average Bonchev–Trinajstić information content (AvgIpc) is 2.80. The van der Waals surface area contributed by atoms with Gasteiger partial charge in [0, 0.05) is 31.4 Å². The molecule has 0 aromatic carbocycles. The molecule has 1 aromatic heterocycles. The van der Waals surface area contributed by atoms with Gasteiger partial charge in [-0.3, -0.25) is 4.79 Å². The molecule has 0 radical (unpaired) electrons. The van der Waals surface area contributed by atoms with E-state index >= 15 is 0 Å². The van der Waals surface area contributed by atoms with Gasteiger partial charge in [-0.1, -0.05) is 13.8 Å². The minimum Gasteiger partial charge on any atom is -0.464 e. The van der Waals surface area contributed by atoms with Gasteiger partial charge < -0.3 is 19.5 Å². The van der Waals surface area contributed by atoms with Crippen LogP contribution in [0.2, 0.25) is 0 Å². The second-order valence-electron chi connectivity index (χ2n) is 6.85. The Kier molecular flexibility index (Phi) is 7.86. The average molecular weight is 365 g/mol. The Balaban J connectivity index is 3.13. The predicted molar refractivity (Wildman–Crippen MR) is 101 cm³/mol. The van der Waals surface area contributed by atoms with Gasteiger partial charge in [0.1, 0.15) is 5.69 Å². The molecule has 0 aliphatic heterocycles. The molecule has 0 fully saturated rings. The first-order chi connectivity index (χ1) is 12.1. The zero-order valence-electron chi connectivity index (χ0n) is 16.9. The summed E-state index contributed by atoms with van der Waals surface area (Å²) in [6.45, 7) is 10.5. The Labute approximate surface area is 155 Å². The number of hydrogen-bond donors (Lipinski definition) is 1. The van der Waals surface area contributed by atoms with E-state index in [1.165, 1.54) is 12.0 Å². The number of carbonyl (C=O) groups excluding carboxylic acids is 3. The molecular formula is C19H31N3O4. The lowest BCUT2D eigenvalue weighted by Crippen LogP contribution is -2.43. The van der Waals surface area contributed by atoms with Crippen molar-refractivity contribution in [3.05, 3.63) is 22.5 Å². The van der Waals surface area contributed by atoms with Gasteiger partial charge in [0.25, 0.3) is 0 Å². The maximum atomic E-state index is 12.9. The van der Waals surface area contributed by atoms with Crippen LogP contribution in [0.3, 0.4) is 0 Å². The molecule has 2 amide bonds. The van der Waals surface area contributed by atoms with Crippen LogP contribution in [-0.2, 0) is 11.8 Å². The number of hydrogen-bond acceptors (Lipinski definition) is 4. The molecule has 26 heavy (non-hydrogen) atoms. The number of carbonyl (C=O) groups is 3. The zero-order valence-corrected chi connectivity index (χ0v) is 16.9. The summed E-state index contributed by atoms with van der Waals surface area (Å²) in [4.78, 5) is 38.8. The molecule has 146 valence electrons. The third kappa shape index (κ3) is 4.86. The van der Waals surface area contributed by atoms with Gasteiger partial charge in [-0.2, -0.15) is 0 Å². The van der Waals surface area contributed by atoms with Crippen molar-refractivity contribution in [2.75, 3.05) is 26.7 Å². The molecule has 0 aliphatic carbocycles. The Morgan fingerprint density at radius 3 is 2.35 bits per heavy atom. The molecular weight excluding hydrogens is 334 g/mol. The van der Waals surface area contributed by atoms with Crippen LogP contribution in [0.15, 0.2) is 0 Å². The SMILES string of the molecule is CCNC(=O)N(CCC(C)C)CC(=O)c1c(C)c(C(=O)OC)n(C)c1C. The minimum atomic E-state index is -0.479. The smallest absolute Gasteiger partial charge is 0.354 e. The monoisotopic (exact) mass is 365 g/mol. The van der Waals surface area contributed by atoms with Gasteiger partial charge in [0.15, 0.2) is 5.78 Å². The van der Waals surface area contributed by atoms with Gasteiger partial charge in [-0.25, -0.2) is 9.59 Å². The number of ether oxygens (including phenoxy) is 1. The molecule has 1 heterocycles. The van der Waals surface area contributed by atoms with Crippen molar-refractivity contribution >= 4 is 17.8 Å². The van der Waals surface area contributed by atoms with E-state index in [1.807, 2.05) is 6.92 Å². The van der Waals surface area contributed by atoms with E-state index < -0.39 is 5.97 Å². The number of nitrogens with one attached hydrogen (secondary N) is 1. The fraction of sp³-hybridized carbons (Fsp3) is 0.632. The topological polar surface area (TPSA) is 80.6 Å². The highest BCUT2D eigenvalue weighted by Crippen LogP contribution is 2.23. The summed E-state index contributed by atoms with van der Waals surface area (Å²) in [5.41, 5.74) is 2.11. The molecule has 0 saturated carbocycles. The first-order valence-electron chi connectivity index (χ1n) is 8.95. The molecule has 7 nitrogen and oxygen atoms in total. The van der Waals surface area contributed by atoms with Crippen LogP contribution in [0.4, 0.5) is 4.79 Å². The lowest BCUT2D eigenvalue weighted by Gasteiger charge is -2.23. The van der Waals surface area contributed by atoms with Crippen LogP contribution in [0.5, 0.6) is 0 Å². The third-order valence-electron chi connectivity index (χ3n) is 4.51. The van der Waals surface area contributed by atoms with E-state index in [0.29, 0.717) is 41.5 Å². The fourth-order valence-electron chi connectivity index (χ4n) is 2.96. The summed E-state index contributed by atoms with van der Waals surface area (Å²) in [6.07, 6.45) is 0.810. The second-order valence-corrected chi connectivity index (χ2v) is 6.85. The van der Waals surface area contributed by atoms with E-state index in [1.54, 1.807) is 25.5 Å². The molecule has 1 N–H and O–H groups in total. The maximum Gasteiger partial charge on any atom is 0.354 e. The van der Waals surface area contributed by atoms with Gasteiger partial charge in [0.2, 0.25) is 0 Å². The number of urea groups is 1. The normalized spacial score (nSPS) is 10.8. The standard InChI is InChI=1S/C19H31N3O4/c1-8-20-19(25)22(10-9-12(2)3)11-15(23)16-13(4)17(18(24)26-7)21(6)14(16)5/h12H,8-11H2,1-7H3,(H,20,25). The van der Waals surface area contributed by atoms with E-state index in [9.17, 15) is 14.4 Å². The highest BCUT2D eigenvalue weighted by atomic mass is 16.5. The van der Waals surface area contributed by atoms with Gasteiger partial charge in [0.05, 0.1) is 13.7 Å². The number of aromatic nitrogens is 1. The van der Waals surface area contributed by atoms with Crippen molar-refractivity contribution < 1.29 is 19.1 Å². The van der Waals surface area contributed by atoms with Gasteiger partial charge in [-0.15, -0.1) is 0 Å². The van der Waals surface area contributed by atoms with Crippen molar-refractivity contribution in [2.45, 2.75) is 41.0 Å². The molecule has 0 unspecified atom stereocenters. The molecule has 0 bridgehead atoms. The first kappa shape index (κ1) is 21.7. The molecule has 0 atom stereocenters. The highest BCUT2D eigenvalue weighted by Gasteiger charge is 2.27. The summed E-state index contributed by atoms with van der Waals surface area (Å²) < 4.78 is 6.48. The summed E-state index contributed by atoms with van der Waals surface area (Å²) >= 11 is 0. The van der Waals surface area contributed by atoms with Crippen LogP contribution >= 0.6 is 0 Å². The number of nitrogens with zero attached hydrogens (tertiary/aromatic N) is 2. The predicted octanol–water partition coefficient (Wildman–Crippen LogP) is 2.69. The fourth-order valence-corrected chi connectivity index (χ4v) is 2.96. The van der Waals surface area contributed by atoms with Gasteiger partial charge >= 0.3 is 12.0 Å². The van der Waals surface area contributed by atoms with E-state index in [0.717, 1.165) is 6.42 Å². The van der Waals surface area contributed by atoms with Crippen molar-refractivity contribution in [1.29, 1.82) is 0 Å². The zero-order chi connectivity index (χ0) is 20.0. The van der Waals surface area contributed by atoms with Crippen molar-refractivity contribution in [3.8, 4) is 0 Å². The minimum absolute atomic E-state index is 0.0230. The number of methoxy groups -OCH3 is 1. The molecule has 0 spiro atoms. The summed E-state index contributed by atoms with van der Waals surface area (Å²) in [7, 11) is 3.04. The number of amides is 2. The Morgan fingerprint density at radius 2 is 1.85 bits per heavy atom. The summed E-state index contributed by atoms with van der Waals surface area (Å²) in [5, 5.41) is 2.75. The van der Waals surface area contributed by atoms with E-state index in [-0.39, 0.29) is 18.4 Å². The van der Waals surface area contributed by atoms with Crippen molar-refractivity contribution in [3.63, 3.8) is 0 Å². The maximum absolute atomic E-state index is 12.9. The molecule has 0 aliphatic rings. The van der Waals surface area contributed by atoms with E-state index in [2.05, 4.69) is 19.2 Å². The number of esters is 1. The molecule has 0 saturated heterocycles. The number of ketones is 1. The highest BCUT2D eigenvalue weighted by molar-refractivity contribution is 6.04. The third-order valence-corrected chi connectivity index (χ3v) is 4.51. The van der Waals surface area contributed by atoms with Crippen LogP contribution in [0.1, 0.15) is 59.3 Å². The lowest BCUT2D eigenvalue weighted by molar-refractivity contribution is 0.0588. The van der Waals surface area contributed by atoms with Crippen LogP contribution < -0.4 is 5.32 Å². The summed E-state index contributed by atoms with van der Waals surface area (Å²) in [6, 6.07) is -0.249. The van der Waals surface area contributed by atoms with Crippen LogP contribution in [-0.4, -0.2) is 54.0 Å². The summed E-state index contributed by atoms with van der Waals surface area (Å²) in [5.74, 6) is -0.235. The quantitative estimate of drug-likeness (QED) is 0.567.